The minimum Gasteiger partial charge on any atom is -0.486 e. The minimum atomic E-state index is -1.26. The molecule has 0 aromatic heterocycles. The van der Waals surface area contributed by atoms with Crippen LogP contribution in [0.3, 0.4) is 0 Å². The van der Waals surface area contributed by atoms with E-state index in [1.165, 1.54) is 6.08 Å². The topological polar surface area (TPSA) is 69.6 Å². The number of rotatable bonds is 6. The van der Waals surface area contributed by atoms with Crippen LogP contribution in [0.1, 0.15) is 5.56 Å². The highest BCUT2D eigenvalue weighted by atomic mass is 16.4. The Balaban J connectivity index is 0.00000156. The van der Waals surface area contributed by atoms with Crippen molar-refractivity contribution < 1.29 is 9.90 Å². The second kappa shape index (κ2) is 11.4. The molecule has 0 unspecified atom stereocenters. The maximum atomic E-state index is 11.3. The summed E-state index contributed by atoms with van der Waals surface area (Å²) in [6.45, 7) is 13.4. The molecule has 0 atom stereocenters. The van der Waals surface area contributed by atoms with E-state index in [2.05, 4.69) is 81.4 Å². The van der Waals surface area contributed by atoms with Gasteiger partial charge in [-0.1, -0.05) is 60.7 Å². The molecule has 0 saturated carbocycles. The zero-order chi connectivity index (χ0) is 26.2. The van der Waals surface area contributed by atoms with Gasteiger partial charge in [0.15, 0.2) is 0 Å². The predicted octanol–water partition coefficient (Wildman–Crippen LogP) is 6.18. The first-order chi connectivity index (χ1) is 18.2. The molecule has 0 bridgehead atoms. The number of anilines is 3. The fraction of sp³-hybridized carbons (Fsp3) is 0.0323. The van der Waals surface area contributed by atoms with E-state index >= 15 is 0 Å². The Morgan fingerprint density at radius 3 is 1.89 bits per heavy atom. The SMILES string of the molecule is C=C.[C-]#[N+]/C(=C\c1ccc(-c2ccc(N(c3ccccc3)c3ccccc3)cc2)c2c1=NCN=2)C(=O)O. The zero-order valence-corrected chi connectivity index (χ0v) is 20.1. The van der Waals surface area contributed by atoms with Gasteiger partial charge in [-0.3, -0.25) is 14.8 Å². The molecule has 0 saturated heterocycles. The molecule has 1 aliphatic heterocycles. The number of benzene rings is 4. The molecule has 1 aliphatic rings. The Labute approximate surface area is 215 Å². The van der Waals surface area contributed by atoms with Crippen molar-refractivity contribution in [3.8, 4) is 11.1 Å². The van der Waals surface area contributed by atoms with Gasteiger partial charge in [-0.25, -0.2) is 4.85 Å². The van der Waals surface area contributed by atoms with E-state index in [4.69, 9.17) is 6.57 Å². The van der Waals surface area contributed by atoms with Crippen molar-refractivity contribution in [3.05, 3.63) is 144 Å². The smallest absolute Gasteiger partial charge is 0.333 e. The van der Waals surface area contributed by atoms with E-state index in [9.17, 15) is 9.90 Å². The van der Waals surface area contributed by atoms with E-state index in [0.29, 0.717) is 16.3 Å². The van der Waals surface area contributed by atoms with Crippen molar-refractivity contribution in [2.75, 3.05) is 11.6 Å². The van der Waals surface area contributed by atoms with Crippen LogP contribution in [0.5, 0.6) is 0 Å². The number of aliphatic carboxylic acids is 1. The van der Waals surface area contributed by atoms with Gasteiger partial charge in [0.1, 0.15) is 6.67 Å². The van der Waals surface area contributed by atoms with Gasteiger partial charge < -0.3 is 10.0 Å². The summed E-state index contributed by atoms with van der Waals surface area (Å²) in [6.07, 6.45) is 1.35. The monoisotopic (exact) mass is 484 g/mol. The first-order valence-electron chi connectivity index (χ1n) is 11.5. The largest absolute Gasteiger partial charge is 0.486 e. The molecule has 0 amide bonds. The van der Waals surface area contributed by atoms with Gasteiger partial charge in [-0.2, -0.15) is 0 Å². The van der Waals surface area contributed by atoms with E-state index in [1.807, 2.05) is 42.5 Å². The van der Waals surface area contributed by atoms with E-state index in [-0.39, 0.29) is 12.4 Å². The average Bonchev–Trinajstić information content (AvgIpc) is 3.45. The van der Waals surface area contributed by atoms with Crippen molar-refractivity contribution in [2.24, 2.45) is 9.98 Å². The Kier molecular flexibility index (Phi) is 7.67. The minimum absolute atomic E-state index is 0.279. The van der Waals surface area contributed by atoms with Crippen LogP contribution < -0.4 is 15.6 Å². The average molecular weight is 485 g/mol. The number of hydrogen-bond acceptors (Lipinski definition) is 4. The molecule has 6 heteroatoms. The van der Waals surface area contributed by atoms with Crippen LogP contribution in [0, 0.1) is 6.57 Å². The second-order valence-electron chi connectivity index (χ2n) is 7.86. The quantitative estimate of drug-likeness (QED) is 0.202. The Bertz CT molecular complexity index is 1570. The lowest BCUT2D eigenvalue weighted by Crippen LogP contribution is -2.27. The van der Waals surface area contributed by atoms with Gasteiger partial charge in [0.2, 0.25) is 0 Å². The first kappa shape index (κ1) is 24.8. The van der Waals surface area contributed by atoms with Gasteiger partial charge in [0.25, 0.3) is 5.70 Å². The molecule has 180 valence electrons. The molecule has 1 heterocycles. The number of hydrogen-bond donors (Lipinski definition) is 1. The number of nitrogens with zero attached hydrogens (tertiary/aromatic N) is 4. The lowest BCUT2D eigenvalue weighted by atomic mass is 10.0. The molecule has 1 N–H and O–H groups in total. The lowest BCUT2D eigenvalue weighted by Gasteiger charge is -2.25. The van der Waals surface area contributed by atoms with Crippen LogP contribution >= 0.6 is 0 Å². The molecule has 6 nitrogen and oxygen atoms in total. The van der Waals surface area contributed by atoms with E-state index in [0.717, 1.165) is 28.2 Å². The number of carboxylic acids is 1. The summed E-state index contributed by atoms with van der Waals surface area (Å²) in [5, 5.41) is 10.5. The van der Waals surface area contributed by atoms with Gasteiger partial charge in [-0.15, -0.1) is 13.2 Å². The third-order valence-electron chi connectivity index (χ3n) is 5.74. The summed E-state index contributed by atoms with van der Waals surface area (Å²) in [4.78, 5) is 25.5. The molecule has 0 spiro atoms. The molecule has 0 fully saturated rings. The highest BCUT2D eigenvalue weighted by molar-refractivity contribution is 5.94. The summed E-state index contributed by atoms with van der Waals surface area (Å²) < 4.78 is 0. The zero-order valence-electron chi connectivity index (χ0n) is 20.1. The molecule has 37 heavy (non-hydrogen) atoms. The fourth-order valence-electron chi connectivity index (χ4n) is 4.13. The van der Waals surface area contributed by atoms with Crippen molar-refractivity contribution in [3.63, 3.8) is 0 Å². The Morgan fingerprint density at radius 2 is 1.35 bits per heavy atom. The molecule has 4 aromatic carbocycles. The highest BCUT2D eigenvalue weighted by Crippen LogP contribution is 2.34. The predicted molar refractivity (Wildman–Crippen MR) is 147 cm³/mol. The van der Waals surface area contributed by atoms with Crippen LogP contribution in [0.15, 0.2) is 126 Å². The third-order valence-corrected chi connectivity index (χ3v) is 5.74. The normalized spacial score (nSPS) is 11.6. The van der Waals surface area contributed by atoms with Crippen molar-refractivity contribution in [2.45, 2.75) is 0 Å². The number of fused-ring (bicyclic) bond motifs is 1. The molecule has 5 rings (SSSR count). The molecule has 0 radical (unpaired) electrons. The molecular formula is C31H24N4O2. The standard InChI is InChI=1S/C29H20N4O2.C2H4/c1-30-26(29(34)35)18-21-14-17-25(28-27(21)31-19-32-28)20-12-15-24(16-13-20)33(22-8-4-2-5-9-22)23-10-6-3-7-11-23;1-2/h2-18H,19H2,(H,34,35);1-2H2/b26-18-;. The highest BCUT2D eigenvalue weighted by Gasteiger charge is 2.15. The summed E-state index contributed by atoms with van der Waals surface area (Å²) >= 11 is 0. The summed E-state index contributed by atoms with van der Waals surface area (Å²) in [6, 6.07) is 32.3. The third kappa shape index (κ3) is 5.21. The Hall–Kier alpha value is -5.28. The number of carbonyl (C=O) groups is 1. The lowest BCUT2D eigenvalue weighted by molar-refractivity contribution is -0.132. The van der Waals surface area contributed by atoms with Crippen LogP contribution in [0.4, 0.5) is 17.1 Å². The fourth-order valence-corrected chi connectivity index (χ4v) is 4.13. The number of para-hydroxylation sites is 2. The van der Waals surface area contributed by atoms with Crippen molar-refractivity contribution in [1.29, 1.82) is 0 Å². The van der Waals surface area contributed by atoms with Crippen molar-refractivity contribution in [1.82, 2.24) is 0 Å². The van der Waals surface area contributed by atoms with Crippen LogP contribution in [0.2, 0.25) is 0 Å². The van der Waals surface area contributed by atoms with Crippen LogP contribution in [-0.2, 0) is 4.79 Å². The molecule has 0 aliphatic carbocycles. The Morgan fingerprint density at radius 1 is 0.811 bits per heavy atom. The number of carboxylic acid groups (broad SMARTS) is 1. The van der Waals surface area contributed by atoms with Gasteiger partial charge in [0, 0.05) is 22.6 Å². The van der Waals surface area contributed by atoms with Gasteiger partial charge >= 0.3 is 5.97 Å². The summed E-state index contributed by atoms with van der Waals surface area (Å²) in [7, 11) is 0. The van der Waals surface area contributed by atoms with E-state index < -0.39 is 5.97 Å². The first-order valence-corrected chi connectivity index (χ1v) is 11.5. The van der Waals surface area contributed by atoms with Gasteiger partial charge in [-0.05, 0) is 53.6 Å². The van der Waals surface area contributed by atoms with Crippen LogP contribution in [-0.4, -0.2) is 17.7 Å². The van der Waals surface area contributed by atoms with Crippen molar-refractivity contribution >= 4 is 29.1 Å². The maximum absolute atomic E-state index is 11.3. The molecular weight excluding hydrogens is 460 g/mol. The maximum Gasteiger partial charge on any atom is 0.333 e. The summed E-state index contributed by atoms with van der Waals surface area (Å²) in [5.41, 5.74) is 5.26. The van der Waals surface area contributed by atoms with E-state index in [1.54, 1.807) is 6.07 Å². The summed E-state index contributed by atoms with van der Waals surface area (Å²) in [5.74, 6) is -1.26. The van der Waals surface area contributed by atoms with Crippen LogP contribution in [0.25, 0.3) is 22.0 Å². The molecule has 4 aromatic rings. The van der Waals surface area contributed by atoms with Gasteiger partial charge in [0.05, 0.1) is 17.3 Å². The second-order valence-corrected chi connectivity index (χ2v) is 7.86.